The van der Waals surface area contributed by atoms with Crippen molar-refractivity contribution in [1.82, 2.24) is 24.1 Å². The number of hydrogen-bond donors (Lipinski definition) is 0. The maximum Gasteiger partial charge on any atom is 0.262 e. The van der Waals surface area contributed by atoms with Gasteiger partial charge in [0.25, 0.3) is 5.56 Å². The normalized spacial score (nSPS) is 11.7. The topological polar surface area (TPSA) is 78.2 Å². The second-order valence-electron chi connectivity index (χ2n) is 8.07. The number of oxazole rings is 1. The Morgan fingerprint density at radius 2 is 1.81 bits per heavy atom. The summed E-state index contributed by atoms with van der Waals surface area (Å²) in [5, 5.41) is 10.2. The lowest BCUT2D eigenvalue weighted by atomic mass is 10.1. The first-order valence-electron chi connectivity index (χ1n) is 10.6. The standard InChI is InChI=1S/C24H23N5O2S/c1-16(2)12-13-28-22(30)19-10-6-7-11-20(19)29-23(28)26-27-24(29)32-15-18-14-31-21(25-18)17-8-4-3-5-9-17/h3-11,14,16H,12-13,15H2,1-2H3. The van der Waals surface area contributed by atoms with Crippen LogP contribution in [-0.4, -0.2) is 24.1 Å². The van der Waals surface area contributed by atoms with Crippen LogP contribution in [0.3, 0.4) is 0 Å². The molecule has 8 heteroatoms. The van der Waals surface area contributed by atoms with E-state index in [2.05, 4.69) is 29.0 Å². The minimum Gasteiger partial charge on any atom is -0.444 e. The molecule has 0 saturated carbocycles. The van der Waals surface area contributed by atoms with Gasteiger partial charge in [-0.25, -0.2) is 4.98 Å². The average molecular weight is 446 g/mol. The molecule has 162 valence electrons. The molecular weight excluding hydrogens is 422 g/mol. The highest BCUT2D eigenvalue weighted by Crippen LogP contribution is 2.26. The van der Waals surface area contributed by atoms with Gasteiger partial charge in [-0.3, -0.25) is 13.8 Å². The first kappa shape index (κ1) is 20.5. The molecule has 0 aliphatic carbocycles. The van der Waals surface area contributed by atoms with Gasteiger partial charge >= 0.3 is 0 Å². The molecule has 3 aromatic heterocycles. The molecule has 0 amide bonds. The number of para-hydroxylation sites is 1. The molecule has 3 heterocycles. The summed E-state index contributed by atoms with van der Waals surface area (Å²) in [5.74, 6) is 2.23. The van der Waals surface area contributed by atoms with Crippen LogP contribution in [-0.2, 0) is 12.3 Å². The molecule has 0 unspecified atom stereocenters. The van der Waals surface area contributed by atoms with Gasteiger partial charge in [0.1, 0.15) is 6.26 Å². The largest absolute Gasteiger partial charge is 0.444 e. The van der Waals surface area contributed by atoms with Gasteiger partial charge in [-0.1, -0.05) is 55.9 Å². The lowest BCUT2D eigenvalue weighted by molar-refractivity contribution is 0.512. The number of benzene rings is 2. The lowest BCUT2D eigenvalue weighted by Crippen LogP contribution is -2.24. The van der Waals surface area contributed by atoms with E-state index >= 15 is 0 Å². The van der Waals surface area contributed by atoms with Crippen molar-refractivity contribution in [2.24, 2.45) is 5.92 Å². The predicted octanol–water partition coefficient (Wildman–Crippen LogP) is 5.04. The first-order chi connectivity index (χ1) is 15.6. The van der Waals surface area contributed by atoms with Crippen molar-refractivity contribution in [3.8, 4) is 11.5 Å². The number of aryl methyl sites for hydroxylation is 1. The van der Waals surface area contributed by atoms with Crippen LogP contribution in [0.5, 0.6) is 0 Å². The highest BCUT2D eigenvalue weighted by Gasteiger charge is 2.17. The number of rotatable bonds is 7. The summed E-state index contributed by atoms with van der Waals surface area (Å²) < 4.78 is 9.37. The quantitative estimate of drug-likeness (QED) is 0.327. The van der Waals surface area contributed by atoms with Gasteiger partial charge in [-0.15, -0.1) is 10.2 Å². The van der Waals surface area contributed by atoms with Crippen LogP contribution in [0.4, 0.5) is 0 Å². The molecule has 0 N–H and O–H groups in total. The van der Waals surface area contributed by atoms with E-state index in [1.807, 2.05) is 59.0 Å². The van der Waals surface area contributed by atoms with Crippen LogP contribution in [0.2, 0.25) is 0 Å². The van der Waals surface area contributed by atoms with E-state index in [1.165, 1.54) is 11.8 Å². The van der Waals surface area contributed by atoms with Crippen LogP contribution in [0.15, 0.2) is 75.2 Å². The fourth-order valence-corrected chi connectivity index (χ4v) is 4.46. The molecule has 5 rings (SSSR count). The Morgan fingerprint density at radius 1 is 1.03 bits per heavy atom. The second kappa shape index (κ2) is 8.63. The Labute approximate surface area is 189 Å². The van der Waals surface area contributed by atoms with E-state index in [0.717, 1.165) is 28.4 Å². The van der Waals surface area contributed by atoms with Gasteiger partial charge in [0, 0.05) is 17.9 Å². The maximum absolute atomic E-state index is 13.1. The van der Waals surface area contributed by atoms with Crippen LogP contribution in [0.25, 0.3) is 28.1 Å². The van der Waals surface area contributed by atoms with E-state index < -0.39 is 0 Å². The van der Waals surface area contributed by atoms with Gasteiger partial charge in [-0.05, 0) is 36.6 Å². The second-order valence-corrected chi connectivity index (χ2v) is 9.02. The van der Waals surface area contributed by atoms with Crippen LogP contribution >= 0.6 is 11.8 Å². The Morgan fingerprint density at radius 3 is 2.62 bits per heavy atom. The van der Waals surface area contributed by atoms with Crippen LogP contribution in [0.1, 0.15) is 26.0 Å². The first-order valence-corrected chi connectivity index (χ1v) is 11.6. The molecule has 0 atom stereocenters. The maximum atomic E-state index is 13.1. The summed E-state index contributed by atoms with van der Waals surface area (Å²) in [6.07, 6.45) is 2.57. The molecule has 0 saturated heterocycles. The summed E-state index contributed by atoms with van der Waals surface area (Å²) in [6.45, 7) is 4.91. The molecule has 0 aliphatic rings. The number of hydrogen-bond acceptors (Lipinski definition) is 6. The fourth-order valence-electron chi connectivity index (χ4n) is 3.64. The van der Waals surface area contributed by atoms with E-state index in [1.54, 1.807) is 10.8 Å². The highest BCUT2D eigenvalue weighted by atomic mass is 32.2. The Hall–Kier alpha value is -3.39. The third-order valence-corrected chi connectivity index (χ3v) is 6.29. The summed E-state index contributed by atoms with van der Waals surface area (Å²) in [7, 11) is 0. The summed E-state index contributed by atoms with van der Waals surface area (Å²) in [4.78, 5) is 17.7. The third kappa shape index (κ3) is 3.82. The number of fused-ring (bicyclic) bond motifs is 3. The summed E-state index contributed by atoms with van der Waals surface area (Å²) in [5.41, 5.74) is 2.55. The zero-order valence-electron chi connectivity index (χ0n) is 17.9. The summed E-state index contributed by atoms with van der Waals surface area (Å²) >= 11 is 1.52. The minimum atomic E-state index is -0.0262. The van der Waals surface area contributed by atoms with Crippen molar-refractivity contribution in [3.63, 3.8) is 0 Å². The van der Waals surface area contributed by atoms with Gasteiger partial charge in [0.2, 0.25) is 11.7 Å². The van der Waals surface area contributed by atoms with Crippen molar-refractivity contribution in [1.29, 1.82) is 0 Å². The van der Waals surface area contributed by atoms with Gasteiger partial charge in [-0.2, -0.15) is 0 Å². The van der Waals surface area contributed by atoms with E-state index in [0.29, 0.717) is 35.3 Å². The highest BCUT2D eigenvalue weighted by molar-refractivity contribution is 7.98. The number of aromatic nitrogens is 5. The van der Waals surface area contributed by atoms with Crippen molar-refractivity contribution < 1.29 is 4.42 Å². The monoisotopic (exact) mass is 445 g/mol. The molecule has 2 aromatic carbocycles. The van der Waals surface area contributed by atoms with Crippen molar-refractivity contribution in [3.05, 3.63) is 76.9 Å². The summed E-state index contributed by atoms with van der Waals surface area (Å²) in [6, 6.07) is 17.4. The van der Waals surface area contributed by atoms with Gasteiger partial charge in [0.15, 0.2) is 5.16 Å². The average Bonchev–Trinajstić information content (AvgIpc) is 3.45. The molecule has 0 bridgehead atoms. The van der Waals surface area contributed by atoms with Crippen molar-refractivity contribution in [2.45, 2.75) is 37.7 Å². The molecule has 32 heavy (non-hydrogen) atoms. The van der Waals surface area contributed by atoms with E-state index in [4.69, 9.17) is 4.42 Å². The van der Waals surface area contributed by atoms with Gasteiger partial charge in [0.05, 0.1) is 16.6 Å². The van der Waals surface area contributed by atoms with E-state index in [9.17, 15) is 4.79 Å². The SMILES string of the molecule is CC(C)CCn1c(=O)c2ccccc2n2c(SCc3coc(-c4ccccc4)n3)nnc12. The third-order valence-electron chi connectivity index (χ3n) is 5.33. The molecular formula is C24H23N5O2S. The molecule has 7 nitrogen and oxygen atoms in total. The van der Waals surface area contributed by atoms with E-state index in [-0.39, 0.29) is 5.56 Å². The predicted molar refractivity (Wildman–Crippen MR) is 126 cm³/mol. The Kier molecular flexibility index (Phi) is 5.53. The fraction of sp³-hybridized carbons (Fsp3) is 0.250. The Balaban J connectivity index is 1.50. The molecule has 0 aliphatic heterocycles. The molecule has 5 aromatic rings. The van der Waals surface area contributed by atoms with Crippen LogP contribution in [0, 0.1) is 5.92 Å². The lowest BCUT2D eigenvalue weighted by Gasteiger charge is -2.12. The smallest absolute Gasteiger partial charge is 0.262 e. The zero-order chi connectivity index (χ0) is 22.1. The number of nitrogens with zero attached hydrogens (tertiary/aromatic N) is 5. The molecule has 0 fully saturated rings. The van der Waals surface area contributed by atoms with Crippen LogP contribution < -0.4 is 5.56 Å². The zero-order valence-corrected chi connectivity index (χ0v) is 18.7. The minimum absolute atomic E-state index is 0.0262. The number of thioether (sulfide) groups is 1. The van der Waals surface area contributed by atoms with Crippen molar-refractivity contribution in [2.75, 3.05) is 0 Å². The Bertz CT molecular complexity index is 1440. The molecule has 0 radical (unpaired) electrons. The molecule has 0 spiro atoms. The van der Waals surface area contributed by atoms with Gasteiger partial charge < -0.3 is 4.42 Å². The van der Waals surface area contributed by atoms with Crippen molar-refractivity contribution >= 4 is 28.4 Å².